The molecule has 0 aromatic heterocycles. The highest BCUT2D eigenvalue weighted by atomic mass is 32.2. The summed E-state index contributed by atoms with van der Waals surface area (Å²) in [5, 5.41) is 0. The van der Waals surface area contributed by atoms with E-state index in [1.54, 1.807) is 0 Å². The fourth-order valence-electron chi connectivity index (χ4n) is 2.21. The molecular weight excluding hydrogens is 248 g/mol. The lowest BCUT2D eigenvalue weighted by Crippen LogP contribution is -2.23. The second-order valence-corrected chi connectivity index (χ2v) is 7.31. The molecule has 2 N–H and O–H groups in total. The molecular formula is C13H20N2O2S. The molecule has 0 radical (unpaired) electrons. The zero-order valence-electron chi connectivity index (χ0n) is 11.1. The van der Waals surface area contributed by atoms with E-state index < -0.39 is 10.0 Å². The van der Waals surface area contributed by atoms with E-state index >= 15 is 0 Å². The normalized spacial score (nSPS) is 18.1. The van der Waals surface area contributed by atoms with Gasteiger partial charge in [-0.25, -0.2) is 8.42 Å². The average molecular weight is 268 g/mol. The third kappa shape index (κ3) is 2.58. The standard InChI is InChI=1S/C13H20N2O2S/c1-9(2)13(14)10-4-5-11-7-15(18(3,16)17)8-12(11)6-10/h4-6,9,13H,7-8,14H2,1-3H3. The Balaban J connectivity index is 2.28. The van der Waals surface area contributed by atoms with Gasteiger partial charge >= 0.3 is 0 Å². The maximum Gasteiger partial charge on any atom is 0.211 e. The molecule has 0 amide bonds. The van der Waals surface area contributed by atoms with E-state index in [-0.39, 0.29) is 6.04 Å². The van der Waals surface area contributed by atoms with Crippen molar-refractivity contribution < 1.29 is 8.42 Å². The predicted octanol–water partition coefficient (Wildman–Crippen LogP) is 1.62. The summed E-state index contributed by atoms with van der Waals surface area (Å²) in [5.74, 6) is 0.371. The molecule has 1 atom stereocenters. The van der Waals surface area contributed by atoms with Crippen LogP contribution in [0, 0.1) is 5.92 Å². The molecule has 0 saturated heterocycles. The maximum atomic E-state index is 11.5. The number of hydrogen-bond acceptors (Lipinski definition) is 3. The van der Waals surface area contributed by atoms with Crippen LogP contribution in [0.5, 0.6) is 0 Å². The van der Waals surface area contributed by atoms with Crippen molar-refractivity contribution in [2.24, 2.45) is 11.7 Å². The van der Waals surface area contributed by atoms with E-state index in [1.807, 2.05) is 18.2 Å². The monoisotopic (exact) mass is 268 g/mol. The summed E-state index contributed by atoms with van der Waals surface area (Å²) < 4.78 is 24.5. The van der Waals surface area contributed by atoms with Gasteiger partial charge < -0.3 is 5.73 Å². The van der Waals surface area contributed by atoms with Crippen LogP contribution in [0.25, 0.3) is 0 Å². The zero-order valence-corrected chi connectivity index (χ0v) is 11.9. The number of rotatable bonds is 3. The Kier molecular flexibility index (Phi) is 3.49. The Bertz CT molecular complexity index is 552. The van der Waals surface area contributed by atoms with Gasteiger partial charge in [-0.1, -0.05) is 32.0 Å². The lowest BCUT2D eigenvalue weighted by atomic mass is 9.94. The summed E-state index contributed by atoms with van der Waals surface area (Å²) in [4.78, 5) is 0. The van der Waals surface area contributed by atoms with Crippen LogP contribution >= 0.6 is 0 Å². The molecule has 1 aliphatic rings. The van der Waals surface area contributed by atoms with E-state index in [0.717, 1.165) is 16.7 Å². The smallest absolute Gasteiger partial charge is 0.211 e. The van der Waals surface area contributed by atoms with Crippen molar-refractivity contribution in [1.82, 2.24) is 4.31 Å². The molecule has 0 fully saturated rings. The Hall–Kier alpha value is -0.910. The quantitative estimate of drug-likeness (QED) is 0.906. The SMILES string of the molecule is CC(C)C(N)c1ccc2c(c1)CN(S(C)(=O)=O)C2. The molecule has 1 unspecified atom stereocenters. The van der Waals surface area contributed by atoms with Gasteiger partial charge in [0.1, 0.15) is 0 Å². The highest BCUT2D eigenvalue weighted by molar-refractivity contribution is 7.88. The lowest BCUT2D eigenvalue weighted by Gasteiger charge is -2.16. The van der Waals surface area contributed by atoms with Gasteiger partial charge in [-0.3, -0.25) is 0 Å². The van der Waals surface area contributed by atoms with Gasteiger partial charge in [-0.2, -0.15) is 4.31 Å². The van der Waals surface area contributed by atoms with Crippen LogP contribution < -0.4 is 5.73 Å². The van der Waals surface area contributed by atoms with Crippen molar-refractivity contribution in [2.75, 3.05) is 6.26 Å². The Morgan fingerprint density at radius 3 is 2.39 bits per heavy atom. The summed E-state index contributed by atoms with van der Waals surface area (Å²) in [7, 11) is -3.12. The van der Waals surface area contributed by atoms with Crippen LogP contribution in [0.2, 0.25) is 0 Å². The van der Waals surface area contributed by atoms with Gasteiger partial charge in [-0.15, -0.1) is 0 Å². The molecule has 100 valence electrons. The highest BCUT2D eigenvalue weighted by Crippen LogP contribution is 2.28. The topological polar surface area (TPSA) is 63.4 Å². The fraction of sp³-hybridized carbons (Fsp3) is 0.538. The van der Waals surface area contributed by atoms with Crippen LogP contribution in [-0.4, -0.2) is 19.0 Å². The summed E-state index contributed by atoms with van der Waals surface area (Å²) in [6.07, 6.45) is 1.25. The summed E-state index contributed by atoms with van der Waals surface area (Å²) in [6.45, 7) is 5.11. The van der Waals surface area contributed by atoms with Crippen molar-refractivity contribution in [1.29, 1.82) is 0 Å². The van der Waals surface area contributed by atoms with Gasteiger partial charge in [0.25, 0.3) is 0 Å². The van der Waals surface area contributed by atoms with Crippen LogP contribution in [0.4, 0.5) is 0 Å². The van der Waals surface area contributed by atoms with Gasteiger partial charge in [0.15, 0.2) is 0 Å². The number of fused-ring (bicyclic) bond motifs is 1. The van der Waals surface area contributed by atoms with E-state index in [9.17, 15) is 8.42 Å². The first kappa shape index (κ1) is 13.5. The Labute approximate surface area is 109 Å². The minimum absolute atomic E-state index is 0.00239. The molecule has 18 heavy (non-hydrogen) atoms. The first-order chi connectivity index (χ1) is 8.29. The van der Waals surface area contributed by atoms with Gasteiger partial charge in [0.2, 0.25) is 10.0 Å². The first-order valence-corrected chi connectivity index (χ1v) is 7.96. The van der Waals surface area contributed by atoms with Gasteiger partial charge in [0, 0.05) is 19.1 Å². The number of hydrogen-bond donors (Lipinski definition) is 1. The maximum absolute atomic E-state index is 11.5. The van der Waals surface area contributed by atoms with Crippen molar-refractivity contribution in [2.45, 2.75) is 33.0 Å². The van der Waals surface area contributed by atoms with Gasteiger partial charge in [0.05, 0.1) is 6.26 Å². The van der Waals surface area contributed by atoms with E-state index in [2.05, 4.69) is 13.8 Å². The van der Waals surface area contributed by atoms with Crippen molar-refractivity contribution >= 4 is 10.0 Å². The predicted molar refractivity (Wildman–Crippen MR) is 72.3 cm³/mol. The third-order valence-electron chi connectivity index (χ3n) is 3.50. The van der Waals surface area contributed by atoms with Crippen LogP contribution in [0.3, 0.4) is 0 Å². The Morgan fingerprint density at radius 2 is 1.83 bits per heavy atom. The molecule has 1 aromatic rings. The third-order valence-corrected chi connectivity index (χ3v) is 4.69. The minimum Gasteiger partial charge on any atom is -0.324 e. The summed E-state index contributed by atoms with van der Waals surface area (Å²) in [6, 6.07) is 6.06. The molecule has 5 heteroatoms. The molecule has 2 rings (SSSR count). The van der Waals surface area contributed by atoms with Crippen molar-refractivity contribution in [3.05, 3.63) is 34.9 Å². The molecule has 1 aromatic carbocycles. The highest BCUT2D eigenvalue weighted by Gasteiger charge is 2.26. The lowest BCUT2D eigenvalue weighted by molar-refractivity contribution is 0.436. The summed E-state index contributed by atoms with van der Waals surface area (Å²) >= 11 is 0. The minimum atomic E-state index is -3.12. The van der Waals surface area contributed by atoms with Crippen LogP contribution in [-0.2, 0) is 23.1 Å². The molecule has 0 spiro atoms. The van der Waals surface area contributed by atoms with E-state index in [0.29, 0.717) is 19.0 Å². The first-order valence-electron chi connectivity index (χ1n) is 6.11. The van der Waals surface area contributed by atoms with E-state index in [4.69, 9.17) is 5.73 Å². The number of benzene rings is 1. The molecule has 0 saturated carbocycles. The van der Waals surface area contributed by atoms with Crippen molar-refractivity contribution in [3.8, 4) is 0 Å². The number of nitrogens with zero attached hydrogens (tertiary/aromatic N) is 1. The van der Waals surface area contributed by atoms with Crippen LogP contribution in [0.1, 0.15) is 36.6 Å². The second kappa shape index (κ2) is 4.64. The average Bonchev–Trinajstić information content (AvgIpc) is 2.69. The number of nitrogens with two attached hydrogens (primary N) is 1. The Morgan fingerprint density at radius 1 is 1.22 bits per heavy atom. The molecule has 0 bridgehead atoms. The zero-order chi connectivity index (χ0) is 13.5. The van der Waals surface area contributed by atoms with E-state index in [1.165, 1.54) is 10.6 Å². The van der Waals surface area contributed by atoms with Crippen molar-refractivity contribution in [3.63, 3.8) is 0 Å². The van der Waals surface area contributed by atoms with Gasteiger partial charge in [-0.05, 0) is 22.6 Å². The summed E-state index contributed by atoms with van der Waals surface area (Å²) in [5.41, 5.74) is 9.36. The fourth-order valence-corrected chi connectivity index (χ4v) is 2.96. The molecule has 4 nitrogen and oxygen atoms in total. The molecule has 1 aliphatic heterocycles. The molecule has 1 heterocycles. The largest absolute Gasteiger partial charge is 0.324 e. The number of sulfonamides is 1. The van der Waals surface area contributed by atoms with Crippen LogP contribution in [0.15, 0.2) is 18.2 Å². The molecule has 0 aliphatic carbocycles. The second-order valence-electron chi connectivity index (χ2n) is 5.33.